The van der Waals surface area contributed by atoms with Gasteiger partial charge in [0, 0.05) is 23.7 Å². The van der Waals surface area contributed by atoms with Gasteiger partial charge in [-0.3, -0.25) is 4.90 Å². The molecule has 3 nitrogen and oxygen atoms in total. The van der Waals surface area contributed by atoms with E-state index in [4.69, 9.17) is 11.6 Å². The molecule has 0 bridgehead atoms. The Morgan fingerprint density at radius 3 is 2.70 bits per heavy atom. The highest BCUT2D eigenvalue weighted by atomic mass is 35.5. The van der Waals surface area contributed by atoms with Gasteiger partial charge in [-0.2, -0.15) is 8.78 Å². The number of halogens is 4. The molecular formula is C16H22Cl2F2N2O. The van der Waals surface area contributed by atoms with Crippen LogP contribution in [-0.2, 0) is 6.54 Å². The van der Waals surface area contributed by atoms with Gasteiger partial charge in [0.15, 0.2) is 0 Å². The van der Waals surface area contributed by atoms with Crippen molar-refractivity contribution in [3.63, 3.8) is 0 Å². The standard InChI is InChI=1S/C16H21ClF2N2O.ClH/c17-13-1-2-14(22-15(18)19)12(9-13)10-21-8-5-16(11-21)3-6-20-7-4-16;/h1-2,9,15,20H,3-8,10-11H2;1H. The summed E-state index contributed by atoms with van der Waals surface area (Å²) >= 11 is 6.01. The quantitative estimate of drug-likeness (QED) is 0.873. The SMILES string of the molecule is Cl.FC(F)Oc1ccc(Cl)cc1CN1CCC2(CCNCC2)C1. The highest BCUT2D eigenvalue weighted by Gasteiger charge is 2.38. The van der Waals surface area contributed by atoms with Crippen molar-refractivity contribution in [2.45, 2.75) is 32.4 Å². The Morgan fingerprint density at radius 1 is 1.26 bits per heavy atom. The number of alkyl halides is 2. The maximum atomic E-state index is 12.5. The number of rotatable bonds is 4. The molecule has 1 aromatic carbocycles. The molecule has 2 saturated heterocycles. The fourth-order valence-electron chi connectivity index (χ4n) is 3.65. The second-order valence-electron chi connectivity index (χ2n) is 6.34. The zero-order valence-corrected chi connectivity index (χ0v) is 14.4. The van der Waals surface area contributed by atoms with Gasteiger partial charge in [0.25, 0.3) is 0 Å². The van der Waals surface area contributed by atoms with E-state index < -0.39 is 6.61 Å². The first-order chi connectivity index (χ1) is 10.6. The third-order valence-electron chi connectivity index (χ3n) is 4.81. The van der Waals surface area contributed by atoms with E-state index >= 15 is 0 Å². The fourth-order valence-corrected chi connectivity index (χ4v) is 3.85. The highest BCUT2D eigenvalue weighted by molar-refractivity contribution is 6.30. The lowest BCUT2D eigenvalue weighted by Crippen LogP contribution is -2.38. The van der Waals surface area contributed by atoms with Crippen LogP contribution in [0, 0.1) is 5.41 Å². The van der Waals surface area contributed by atoms with Crippen LogP contribution in [0.25, 0.3) is 0 Å². The molecule has 0 aromatic heterocycles. The number of likely N-dealkylation sites (tertiary alicyclic amines) is 1. The third-order valence-corrected chi connectivity index (χ3v) is 5.05. The second-order valence-corrected chi connectivity index (χ2v) is 6.78. The van der Waals surface area contributed by atoms with Gasteiger partial charge in [-0.25, -0.2) is 0 Å². The van der Waals surface area contributed by atoms with Crippen molar-refractivity contribution in [2.24, 2.45) is 5.41 Å². The van der Waals surface area contributed by atoms with E-state index in [1.807, 2.05) is 0 Å². The van der Waals surface area contributed by atoms with Gasteiger partial charge in [0.1, 0.15) is 5.75 Å². The maximum Gasteiger partial charge on any atom is 0.387 e. The number of nitrogens with one attached hydrogen (secondary N) is 1. The van der Waals surface area contributed by atoms with Crippen molar-refractivity contribution in [3.8, 4) is 5.75 Å². The fraction of sp³-hybridized carbons (Fsp3) is 0.625. The van der Waals surface area contributed by atoms with Crippen molar-refractivity contribution < 1.29 is 13.5 Å². The molecule has 23 heavy (non-hydrogen) atoms. The first-order valence-corrected chi connectivity index (χ1v) is 8.10. The van der Waals surface area contributed by atoms with Gasteiger partial charge in [0.2, 0.25) is 0 Å². The maximum absolute atomic E-state index is 12.5. The second kappa shape index (κ2) is 7.97. The first kappa shape index (κ1) is 18.7. The third kappa shape index (κ3) is 4.69. The summed E-state index contributed by atoms with van der Waals surface area (Å²) in [5.41, 5.74) is 1.13. The van der Waals surface area contributed by atoms with Crippen molar-refractivity contribution in [1.82, 2.24) is 10.2 Å². The minimum absolute atomic E-state index is 0. The van der Waals surface area contributed by atoms with Gasteiger partial charge in [-0.1, -0.05) is 11.6 Å². The molecule has 7 heteroatoms. The van der Waals surface area contributed by atoms with Crippen LogP contribution in [0.4, 0.5) is 8.78 Å². The summed E-state index contributed by atoms with van der Waals surface area (Å²) in [5.74, 6) is 0.227. The molecular weight excluding hydrogens is 345 g/mol. The largest absolute Gasteiger partial charge is 0.434 e. The molecule has 0 aliphatic carbocycles. The zero-order chi connectivity index (χ0) is 15.6. The Kier molecular flexibility index (Phi) is 6.48. The Bertz CT molecular complexity index is 525. The van der Waals surface area contributed by atoms with Gasteiger partial charge < -0.3 is 10.1 Å². The van der Waals surface area contributed by atoms with Crippen molar-refractivity contribution >= 4 is 24.0 Å². The van der Waals surface area contributed by atoms with E-state index in [-0.39, 0.29) is 18.2 Å². The number of nitrogens with zero attached hydrogens (tertiary/aromatic N) is 1. The summed E-state index contributed by atoms with van der Waals surface area (Å²) in [6.45, 7) is 1.97. The summed E-state index contributed by atoms with van der Waals surface area (Å²) in [4.78, 5) is 2.33. The molecule has 1 aromatic rings. The van der Waals surface area contributed by atoms with Gasteiger partial charge >= 0.3 is 6.61 Å². The predicted molar refractivity (Wildman–Crippen MR) is 89.8 cm³/mol. The van der Waals surface area contributed by atoms with Gasteiger partial charge in [-0.05, 0) is 62.5 Å². The summed E-state index contributed by atoms with van der Waals surface area (Å²) in [6.07, 6.45) is 3.57. The van der Waals surface area contributed by atoms with E-state index in [1.54, 1.807) is 12.1 Å². The smallest absolute Gasteiger partial charge is 0.387 e. The van der Waals surface area contributed by atoms with Gasteiger partial charge in [0.05, 0.1) is 0 Å². The molecule has 0 saturated carbocycles. The summed E-state index contributed by atoms with van der Waals surface area (Å²) in [6, 6.07) is 4.84. The number of ether oxygens (including phenoxy) is 1. The topological polar surface area (TPSA) is 24.5 Å². The van der Waals surface area contributed by atoms with Crippen LogP contribution in [0.2, 0.25) is 5.02 Å². The van der Waals surface area contributed by atoms with Crippen molar-refractivity contribution in [1.29, 1.82) is 0 Å². The van der Waals surface area contributed by atoms with E-state index in [0.29, 0.717) is 17.0 Å². The summed E-state index contributed by atoms with van der Waals surface area (Å²) < 4.78 is 29.7. The average Bonchev–Trinajstić information content (AvgIpc) is 2.85. The Balaban J connectivity index is 0.00000192. The number of benzene rings is 1. The van der Waals surface area contributed by atoms with Crippen LogP contribution >= 0.6 is 24.0 Å². The lowest BCUT2D eigenvalue weighted by atomic mass is 9.78. The molecule has 2 aliphatic rings. The molecule has 0 amide bonds. The molecule has 2 fully saturated rings. The number of piperidine rings is 1. The monoisotopic (exact) mass is 366 g/mol. The van der Waals surface area contributed by atoms with Crippen LogP contribution in [0.5, 0.6) is 5.75 Å². The van der Waals surface area contributed by atoms with Crippen LogP contribution in [0.3, 0.4) is 0 Å². The minimum atomic E-state index is -2.81. The molecule has 2 heterocycles. The molecule has 0 radical (unpaired) electrons. The lowest BCUT2D eigenvalue weighted by molar-refractivity contribution is -0.0507. The zero-order valence-electron chi connectivity index (χ0n) is 12.9. The van der Waals surface area contributed by atoms with Gasteiger partial charge in [-0.15, -0.1) is 12.4 Å². The Hall–Kier alpha value is -0.620. The van der Waals surface area contributed by atoms with E-state index in [9.17, 15) is 8.78 Å². The molecule has 0 atom stereocenters. The van der Waals surface area contributed by atoms with Crippen LogP contribution < -0.4 is 10.1 Å². The molecule has 130 valence electrons. The number of hydrogen-bond acceptors (Lipinski definition) is 3. The number of hydrogen-bond donors (Lipinski definition) is 1. The van der Waals surface area contributed by atoms with E-state index in [2.05, 4.69) is 15.0 Å². The van der Waals surface area contributed by atoms with Crippen LogP contribution in [-0.4, -0.2) is 37.7 Å². The van der Waals surface area contributed by atoms with Crippen LogP contribution in [0.1, 0.15) is 24.8 Å². The molecule has 2 aliphatic heterocycles. The molecule has 1 N–H and O–H groups in total. The Labute approximate surface area is 146 Å². The summed E-state index contributed by atoms with van der Waals surface area (Å²) in [5, 5.41) is 3.95. The predicted octanol–water partition coefficient (Wildman–Crippen LogP) is 3.94. The minimum Gasteiger partial charge on any atom is -0.434 e. The first-order valence-electron chi connectivity index (χ1n) is 7.73. The molecule has 0 unspecified atom stereocenters. The Morgan fingerprint density at radius 2 is 2.00 bits per heavy atom. The molecule has 1 spiro atoms. The normalized spacial score (nSPS) is 20.7. The molecule has 3 rings (SSSR count). The van der Waals surface area contributed by atoms with Crippen molar-refractivity contribution in [2.75, 3.05) is 26.2 Å². The lowest BCUT2D eigenvalue weighted by Gasteiger charge is -2.34. The van der Waals surface area contributed by atoms with E-state index in [1.165, 1.54) is 25.3 Å². The van der Waals surface area contributed by atoms with E-state index in [0.717, 1.165) is 31.7 Å². The highest BCUT2D eigenvalue weighted by Crippen LogP contribution is 2.39. The van der Waals surface area contributed by atoms with Crippen LogP contribution in [0.15, 0.2) is 18.2 Å². The average molecular weight is 367 g/mol. The summed E-state index contributed by atoms with van der Waals surface area (Å²) in [7, 11) is 0. The van der Waals surface area contributed by atoms with Crippen molar-refractivity contribution in [3.05, 3.63) is 28.8 Å².